The van der Waals surface area contributed by atoms with Gasteiger partial charge in [-0.05, 0) is 51.2 Å². The van der Waals surface area contributed by atoms with E-state index < -0.39 is 0 Å². The second-order valence-electron chi connectivity index (χ2n) is 6.10. The van der Waals surface area contributed by atoms with Crippen molar-refractivity contribution in [1.82, 2.24) is 9.88 Å². The molecule has 1 saturated carbocycles. The SMILES string of the molecule is Cc1ccc(C(=O)N2C(C)CC3CCCCC32)cn1. The highest BCUT2D eigenvalue weighted by atomic mass is 16.2. The highest BCUT2D eigenvalue weighted by molar-refractivity contribution is 5.94. The van der Waals surface area contributed by atoms with Gasteiger partial charge in [0.1, 0.15) is 0 Å². The standard InChI is InChI=1S/C16H22N2O/c1-11-7-8-14(10-17-11)16(19)18-12(2)9-13-5-3-4-6-15(13)18/h7-8,10,12-13,15H,3-6,9H2,1-2H3. The van der Waals surface area contributed by atoms with E-state index in [0.29, 0.717) is 12.1 Å². The van der Waals surface area contributed by atoms with Gasteiger partial charge >= 0.3 is 0 Å². The summed E-state index contributed by atoms with van der Waals surface area (Å²) in [6, 6.07) is 4.68. The molecule has 0 N–H and O–H groups in total. The zero-order valence-electron chi connectivity index (χ0n) is 11.8. The Morgan fingerprint density at radius 3 is 2.84 bits per heavy atom. The van der Waals surface area contributed by atoms with Crippen molar-refractivity contribution in [2.24, 2.45) is 5.92 Å². The summed E-state index contributed by atoms with van der Waals surface area (Å²) in [5.41, 5.74) is 1.70. The van der Waals surface area contributed by atoms with E-state index in [1.54, 1.807) is 6.20 Å². The van der Waals surface area contributed by atoms with Crippen molar-refractivity contribution in [2.75, 3.05) is 0 Å². The molecule has 0 aromatic carbocycles. The number of amides is 1. The van der Waals surface area contributed by atoms with Gasteiger partial charge in [-0.2, -0.15) is 0 Å². The third-order valence-electron chi connectivity index (χ3n) is 4.74. The molecule has 1 saturated heterocycles. The van der Waals surface area contributed by atoms with Crippen LogP contribution in [0.25, 0.3) is 0 Å². The zero-order chi connectivity index (χ0) is 13.4. The van der Waals surface area contributed by atoms with Crippen LogP contribution in [0.1, 0.15) is 55.1 Å². The van der Waals surface area contributed by atoms with Crippen LogP contribution in [0.5, 0.6) is 0 Å². The lowest BCUT2D eigenvalue weighted by Crippen LogP contribution is -2.42. The molecule has 102 valence electrons. The summed E-state index contributed by atoms with van der Waals surface area (Å²) in [6.07, 6.45) is 7.98. The van der Waals surface area contributed by atoms with E-state index in [1.165, 1.54) is 32.1 Å². The number of nitrogens with zero attached hydrogens (tertiary/aromatic N) is 2. The lowest BCUT2D eigenvalue weighted by Gasteiger charge is -2.33. The fraction of sp³-hybridized carbons (Fsp3) is 0.625. The van der Waals surface area contributed by atoms with Crippen LogP contribution in [0, 0.1) is 12.8 Å². The van der Waals surface area contributed by atoms with Crippen molar-refractivity contribution in [2.45, 2.75) is 58.0 Å². The van der Waals surface area contributed by atoms with Crippen LogP contribution >= 0.6 is 0 Å². The van der Waals surface area contributed by atoms with E-state index in [2.05, 4.69) is 16.8 Å². The van der Waals surface area contributed by atoms with Crippen molar-refractivity contribution in [3.8, 4) is 0 Å². The Kier molecular flexibility index (Phi) is 3.29. The molecule has 2 heterocycles. The van der Waals surface area contributed by atoms with Crippen molar-refractivity contribution in [1.29, 1.82) is 0 Å². The number of likely N-dealkylation sites (tertiary alicyclic amines) is 1. The lowest BCUT2D eigenvalue weighted by molar-refractivity contribution is 0.0633. The Morgan fingerprint density at radius 2 is 2.11 bits per heavy atom. The molecule has 3 unspecified atom stereocenters. The van der Waals surface area contributed by atoms with E-state index in [4.69, 9.17) is 0 Å². The Labute approximate surface area is 115 Å². The molecule has 1 amide bonds. The molecule has 1 aliphatic carbocycles. The maximum Gasteiger partial charge on any atom is 0.255 e. The molecule has 0 spiro atoms. The molecular weight excluding hydrogens is 236 g/mol. The number of aryl methyl sites for hydroxylation is 1. The van der Waals surface area contributed by atoms with Crippen LogP contribution in [0.2, 0.25) is 0 Å². The number of carbonyl (C=O) groups excluding carboxylic acids is 1. The van der Waals surface area contributed by atoms with Crippen LogP contribution in [0.3, 0.4) is 0 Å². The van der Waals surface area contributed by atoms with E-state index in [0.717, 1.165) is 17.2 Å². The average Bonchev–Trinajstić information content (AvgIpc) is 2.74. The number of carbonyl (C=O) groups is 1. The van der Waals surface area contributed by atoms with Crippen LogP contribution < -0.4 is 0 Å². The average molecular weight is 258 g/mol. The fourth-order valence-corrected chi connectivity index (χ4v) is 3.80. The van der Waals surface area contributed by atoms with Gasteiger partial charge in [-0.25, -0.2) is 0 Å². The first-order valence-corrected chi connectivity index (χ1v) is 7.42. The van der Waals surface area contributed by atoms with Crippen LogP contribution in [-0.2, 0) is 0 Å². The zero-order valence-corrected chi connectivity index (χ0v) is 11.8. The van der Waals surface area contributed by atoms with Crippen molar-refractivity contribution in [3.05, 3.63) is 29.6 Å². The molecule has 2 fully saturated rings. The summed E-state index contributed by atoms with van der Waals surface area (Å²) in [5, 5.41) is 0. The van der Waals surface area contributed by atoms with Gasteiger partial charge in [0.15, 0.2) is 0 Å². The number of rotatable bonds is 1. The van der Waals surface area contributed by atoms with Gasteiger partial charge in [-0.1, -0.05) is 12.8 Å². The quantitative estimate of drug-likeness (QED) is 0.775. The van der Waals surface area contributed by atoms with Crippen molar-refractivity contribution >= 4 is 5.91 Å². The van der Waals surface area contributed by atoms with E-state index >= 15 is 0 Å². The Hall–Kier alpha value is -1.38. The summed E-state index contributed by atoms with van der Waals surface area (Å²) in [5.74, 6) is 0.903. The number of fused-ring (bicyclic) bond motifs is 1. The molecule has 2 aliphatic rings. The molecule has 0 bridgehead atoms. The maximum absolute atomic E-state index is 12.7. The fourth-order valence-electron chi connectivity index (χ4n) is 3.80. The molecular formula is C16H22N2O. The first kappa shape index (κ1) is 12.6. The van der Waals surface area contributed by atoms with E-state index in [1.807, 2.05) is 19.1 Å². The first-order chi connectivity index (χ1) is 9.16. The number of pyridine rings is 1. The van der Waals surface area contributed by atoms with Gasteiger partial charge in [-0.3, -0.25) is 9.78 Å². The van der Waals surface area contributed by atoms with Gasteiger partial charge in [0.05, 0.1) is 5.56 Å². The molecule has 0 radical (unpaired) electrons. The summed E-state index contributed by atoms with van der Waals surface area (Å²) >= 11 is 0. The molecule has 3 heteroatoms. The van der Waals surface area contributed by atoms with Crippen LogP contribution in [0.4, 0.5) is 0 Å². The Bertz CT molecular complexity index is 468. The predicted molar refractivity (Wildman–Crippen MR) is 75.0 cm³/mol. The van der Waals surface area contributed by atoms with E-state index in [9.17, 15) is 4.79 Å². The molecule has 3 atom stereocenters. The molecule has 3 rings (SSSR count). The number of hydrogen-bond acceptors (Lipinski definition) is 2. The third kappa shape index (κ3) is 2.26. The summed E-state index contributed by atoms with van der Waals surface area (Å²) < 4.78 is 0. The lowest BCUT2D eigenvalue weighted by atomic mass is 9.85. The van der Waals surface area contributed by atoms with Crippen LogP contribution in [0.15, 0.2) is 18.3 Å². The highest BCUT2D eigenvalue weighted by Gasteiger charge is 2.42. The second kappa shape index (κ2) is 4.95. The largest absolute Gasteiger partial charge is 0.333 e. The maximum atomic E-state index is 12.7. The van der Waals surface area contributed by atoms with Gasteiger partial charge in [0.2, 0.25) is 0 Å². The van der Waals surface area contributed by atoms with Crippen molar-refractivity contribution in [3.63, 3.8) is 0 Å². The predicted octanol–water partition coefficient (Wildman–Crippen LogP) is 3.18. The normalized spacial score (nSPS) is 30.2. The highest BCUT2D eigenvalue weighted by Crippen LogP contribution is 2.40. The van der Waals surface area contributed by atoms with Gasteiger partial charge in [0.25, 0.3) is 5.91 Å². The molecule has 3 nitrogen and oxygen atoms in total. The monoisotopic (exact) mass is 258 g/mol. The molecule has 1 aliphatic heterocycles. The van der Waals surface area contributed by atoms with E-state index in [-0.39, 0.29) is 5.91 Å². The van der Waals surface area contributed by atoms with Gasteiger partial charge in [-0.15, -0.1) is 0 Å². The molecule has 1 aromatic heterocycles. The smallest absolute Gasteiger partial charge is 0.255 e. The molecule has 1 aromatic rings. The van der Waals surface area contributed by atoms with Gasteiger partial charge in [0, 0.05) is 24.0 Å². The first-order valence-electron chi connectivity index (χ1n) is 7.42. The second-order valence-corrected chi connectivity index (χ2v) is 6.10. The summed E-state index contributed by atoms with van der Waals surface area (Å²) in [6.45, 7) is 4.14. The molecule has 19 heavy (non-hydrogen) atoms. The number of hydrogen-bond donors (Lipinski definition) is 0. The Morgan fingerprint density at radius 1 is 1.32 bits per heavy atom. The van der Waals surface area contributed by atoms with Gasteiger partial charge < -0.3 is 4.90 Å². The summed E-state index contributed by atoms with van der Waals surface area (Å²) in [7, 11) is 0. The third-order valence-corrected chi connectivity index (χ3v) is 4.74. The minimum atomic E-state index is 0.175. The Balaban J connectivity index is 1.84. The minimum absolute atomic E-state index is 0.175. The topological polar surface area (TPSA) is 33.2 Å². The van der Waals surface area contributed by atoms with Crippen LogP contribution in [-0.4, -0.2) is 27.9 Å². The van der Waals surface area contributed by atoms with Crippen molar-refractivity contribution < 1.29 is 4.79 Å². The summed E-state index contributed by atoms with van der Waals surface area (Å²) in [4.78, 5) is 19.1. The number of aromatic nitrogens is 1. The minimum Gasteiger partial charge on any atom is -0.333 e.